The molecule has 17 heavy (non-hydrogen) atoms. The highest BCUT2D eigenvalue weighted by Gasteiger charge is 2.27. The molecule has 1 saturated heterocycles. The van der Waals surface area contributed by atoms with Crippen LogP contribution in [-0.2, 0) is 4.79 Å². The van der Waals surface area contributed by atoms with E-state index in [0.717, 1.165) is 38.8 Å². The first-order valence-corrected chi connectivity index (χ1v) is 7.32. The summed E-state index contributed by atoms with van der Waals surface area (Å²) >= 11 is 0. The van der Waals surface area contributed by atoms with Gasteiger partial charge in [0, 0.05) is 25.0 Å². The quantitative estimate of drug-likeness (QED) is 0.712. The van der Waals surface area contributed by atoms with Crippen molar-refractivity contribution >= 4 is 5.91 Å². The summed E-state index contributed by atoms with van der Waals surface area (Å²) in [5.74, 6) is 0.687. The second kappa shape index (κ2) is 6.39. The average molecular weight is 238 g/mol. The minimum atomic E-state index is 0.201. The maximum absolute atomic E-state index is 12.5. The largest absolute Gasteiger partial charge is 0.341 e. The van der Waals surface area contributed by atoms with Gasteiger partial charge in [-0.25, -0.2) is 0 Å². The lowest BCUT2D eigenvalue weighted by Crippen LogP contribution is -2.42. The summed E-state index contributed by atoms with van der Waals surface area (Å²) in [5.41, 5.74) is 6.03. The van der Waals surface area contributed by atoms with Crippen LogP contribution in [0.15, 0.2) is 0 Å². The molecule has 0 aromatic rings. The fourth-order valence-corrected chi connectivity index (χ4v) is 3.16. The summed E-state index contributed by atoms with van der Waals surface area (Å²) in [6.07, 6.45) is 10.7. The Morgan fingerprint density at radius 1 is 0.941 bits per heavy atom. The van der Waals surface area contributed by atoms with E-state index in [0.29, 0.717) is 11.8 Å². The molecule has 0 bridgehead atoms. The number of nitrogens with two attached hydrogens (primary N) is 1. The van der Waals surface area contributed by atoms with Gasteiger partial charge in [-0.2, -0.15) is 0 Å². The van der Waals surface area contributed by atoms with Crippen LogP contribution in [0, 0.1) is 5.92 Å². The molecule has 0 unspecified atom stereocenters. The number of carbonyl (C=O) groups excluding carboxylic acids is 1. The van der Waals surface area contributed by atoms with Gasteiger partial charge in [0.2, 0.25) is 5.91 Å². The zero-order valence-corrected chi connectivity index (χ0v) is 10.9. The van der Waals surface area contributed by atoms with Crippen LogP contribution in [0.2, 0.25) is 0 Å². The number of hydrogen-bond acceptors (Lipinski definition) is 2. The van der Waals surface area contributed by atoms with E-state index in [1.54, 1.807) is 0 Å². The van der Waals surface area contributed by atoms with E-state index in [4.69, 9.17) is 5.73 Å². The summed E-state index contributed by atoms with van der Waals surface area (Å²) in [5, 5.41) is 0. The van der Waals surface area contributed by atoms with Crippen LogP contribution in [0.3, 0.4) is 0 Å². The fraction of sp³-hybridized carbons (Fsp3) is 0.929. The molecule has 1 aliphatic carbocycles. The summed E-state index contributed by atoms with van der Waals surface area (Å²) in [6.45, 7) is 1.72. The highest BCUT2D eigenvalue weighted by Crippen LogP contribution is 2.25. The Hall–Kier alpha value is -0.570. The number of likely N-dealkylation sites (tertiary alicyclic amines) is 1. The standard InChI is InChI=1S/C14H26N2O/c15-13-9-5-6-10-16(11-13)14(17)12-7-3-1-2-4-8-12/h12-13H,1-11,15H2/t13-/m0/s1. The van der Waals surface area contributed by atoms with Gasteiger partial charge in [-0.05, 0) is 25.7 Å². The molecule has 3 nitrogen and oxygen atoms in total. The fourth-order valence-electron chi connectivity index (χ4n) is 3.16. The van der Waals surface area contributed by atoms with Gasteiger partial charge < -0.3 is 10.6 Å². The molecule has 2 N–H and O–H groups in total. The Bertz CT molecular complexity index is 247. The molecule has 1 atom stereocenters. The maximum Gasteiger partial charge on any atom is 0.225 e. The number of nitrogens with zero attached hydrogens (tertiary/aromatic N) is 1. The van der Waals surface area contributed by atoms with Crippen LogP contribution in [0.4, 0.5) is 0 Å². The van der Waals surface area contributed by atoms with Gasteiger partial charge in [0.05, 0.1) is 0 Å². The highest BCUT2D eigenvalue weighted by atomic mass is 16.2. The maximum atomic E-state index is 12.5. The third-order valence-corrected chi connectivity index (χ3v) is 4.22. The molecule has 3 heteroatoms. The first-order valence-electron chi connectivity index (χ1n) is 7.32. The predicted octanol–water partition coefficient (Wildman–Crippen LogP) is 2.30. The molecule has 0 aromatic heterocycles. The van der Waals surface area contributed by atoms with Crippen LogP contribution < -0.4 is 5.73 Å². The van der Waals surface area contributed by atoms with Crippen molar-refractivity contribution in [2.24, 2.45) is 11.7 Å². The van der Waals surface area contributed by atoms with Crippen molar-refractivity contribution in [2.75, 3.05) is 13.1 Å². The molecule has 1 aliphatic heterocycles. The van der Waals surface area contributed by atoms with Crippen molar-refractivity contribution in [2.45, 2.75) is 63.8 Å². The number of hydrogen-bond donors (Lipinski definition) is 1. The van der Waals surface area contributed by atoms with Crippen molar-refractivity contribution < 1.29 is 4.79 Å². The van der Waals surface area contributed by atoms with Gasteiger partial charge in [0.1, 0.15) is 0 Å². The lowest BCUT2D eigenvalue weighted by Gasteiger charge is -2.27. The van der Waals surface area contributed by atoms with Gasteiger partial charge in [-0.3, -0.25) is 4.79 Å². The van der Waals surface area contributed by atoms with Crippen LogP contribution in [-0.4, -0.2) is 29.9 Å². The molecule has 0 spiro atoms. The van der Waals surface area contributed by atoms with E-state index in [-0.39, 0.29) is 6.04 Å². The van der Waals surface area contributed by atoms with Crippen LogP contribution in [0.25, 0.3) is 0 Å². The van der Waals surface area contributed by atoms with Gasteiger partial charge in [-0.1, -0.05) is 32.1 Å². The van der Waals surface area contributed by atoms with Crippen LogP contribution >= 0.6 is 0 Å². The summed E-state index contributed by atoms with van der Waals surface area (Å²) in [4.78, 5) is 14.5. The second-order valence-corrected chi connectivity index (χ2v) is 5.73. The van der Waals surface area contributed by atoms with Crippen molar-refractivity contribution in [1.29, 1.82) is 0 Å². The first-order chi connectivity index (χ1) is 8.27. The lowest BCUT2D eigenvalue weighted by atomic mass is 9.98. The Kier molecular flexibility index (Phi) is 4.84. The Morgan fingerprint density at radius 3 is 2.29 bits per heavy atom. The molecule has 2 rings (SSSR count). The average Bonchev–Trinajstić information content (AvgIpc) is 2.70. The third-order valence-electron chi connectivity index (χ3n) is 4.22. The molecule has 1 saturated carbocycles. The zero-order valence-electron chi connectivity index (χ0n) is 10.9. The summed E-state index contributed by atoms with van der Waals surface area (Å²) < 4.78 is 0. The van der Waals surface area contributed by atoms with Gasteiger partial charge in [0.25, 0.3) is 0 Å². The SMILES string of the molecule is N[C@H]1CCCCN(C(=O)C2CCCCCC2)C1. The minimum absolute atomic E-state index is 0.201. The van der Waals surface area contributed by atoms with Crippen molar-refractivity contribution in [3.63, 3.8) is 0 Å². The monoisotopic (exact) mass is 238 g/mol. The van der Waals surface area contributed by atoms with E-state index < -0.39 is 0 Å². The van der Waals surface area contributed by atoms with Crippen LogP contribution in [0.1, 0.15) is 57.8 Å². The zero-order chi connectivity index (χ0) is 12.1. The molecule has 0 radical (unpaired) electrons. The molecule has 1 amide bonds. The lowest BCUT2D eigenvalue weighted by molar-refractivity contribution is -0.136. The van der Waals surface area contributed by atoms with E-state index in [2.05, 4.69) is 0 Å². The highest BCUT2D eigenvalue weighted by molar-refractivity contribution is 5.79. The van der Waals surface area contributed by atoms with Gasteiger partial charge >= 0.3 is 0 Å². The molecule has 98 valence electrons. The van der Waals surface area contributed by atoms with Gasteiger partial charge in [-0.15, -0.1) is 0 Å². The molecule has 2 aliphatic rings. The van der Waals surface area contributed by atoms with E-state index >= 15 is 0 Å². The van der Waals surface area contributed by atoms with Crippen molar-refractivity contribution in [1.82, 2.24) is 4.90 Å². The predicted molar refractivity (Wildman–Crippen MR) is 69.6 cm³/mol. The topological polar surface area (TPSA) is 46.3 Å². The number of rotatable bonds is 1. The molecule has 0 aromatic carbocycles. The van der Waals surface area contributed by atoms with Crippen LogP contribution in [0.5, 0.6) is 0 Å². The molecular formula is C14H26N2O. The Morgan fingerprint density at radius 2 is 1.59 bits per heavy atom. The molecule has 2 fully saturated rings. The first kappa shape index (κ1) is 12.9. The number of amides is 1. The van der Waals surface area contributed by atoms with E-state index in [9.17, 15) is 4.79 Å². The summed E-state index contributed by atoms with van der Waals surface area (Å²) in [6, 6.07) is 0.201. The Balaban J connectivity index is 1.92. The van der Waals surface area contributed by atoms with Crippen molar-refractivity contribution in [3.05, 3.63) is 0 Å². The molecular weight excluding hydrogens is 212 g/mol. The van der Waals surface area contributed by atoms with Gasteiger partial charge in [0.15, 0.2) is 0 Å². The third kappa shape index (κ3) is 3.70. The molecule has 1 heterocycles. The second-order valence-electron chi connectivity index (χ2n) is 5.73. The smallest absolute Gasteiger partial charge is 0.225 e. The van der Waals surface area contributed by atoms with Crippen molar-refractivity contribution in [3.8, 4) is 0 Å². The van der Waals surface area contributed by atoms with E-state index in [1.807, 2.05) is 4.90 Å². The minimum Gasteiger partial charge on any atom is -0.341 e. The Labute approximate surface area is 105 Å². The normalized spacial score (nSPS) is 28.5. The summed E-state index contributed by atoms with van der Waals surface area (Å²) in [7, 11) is 0. The van der Waals surface area contributed by atoms with E-state index in [1.165, 1.54) is 32.1 Å². The number of carbonyl (C=O) groups is 1.